The average molecular weight is 351 g/mol. The standard InChI is InChI=1S/C17H16Cl2N2O2/c1-21(11-13-7-8-14(18)9-15(13)19)16(22)10-20-17(23)12-5-3-2-4-6-12/h2-9H,10-11H2,1H3,(H,20,23). The van der Waals surface area contributed by atoms with Crippen LogP contribution < -0.4 is 5.32 Å². The summed E-state index contributed by atoms with van der Waals surface area (Å²) in [5.41, 5.74) is 1.31. The second kappa shape index (κ2) is 7.99. The van der Waals surface area contributed by atoms with Gasteiger partial charge in [-0.15, -0.1) is 0 Å². The van der Waals surface area contributed by atoms with E-state index in [0.717, 1.165) is 5.56 Å². The van der Waals surface area contributed by atoms with Crippen molar-refractivity contribution >= 4 is 35.0 Å². The van der Waals surface area contributed by atoms with E-state index in [2.05, 4.69) is 5.32 Å². The maximum absolute atomic E-state index is 12.1. The molecule has 0 aliphatic carbocycles. The zero-order valence-electron chi connectivity index (χ0n) is 12.6. The van der Waals surface area contributed by atoms with Crippen LogP contribution in [0.1, 0.15) is 15.9 Å². The highest BCUT2D eigenvalue weighted by Crippen LogP contribution is 2.21. The van der Waals surface area contributed by atoms with Gasteiger partial charge in [-0.05, 0) is 29.8 Å². The van der Waals surface area contributed by atoms with Crippen LogP contribution in [-0.4, -0.2) is 30.3 Å². The van der Waals surface area contributed by atoms with Crippen LogP contribution in [0.15, 0.2) is 48.5 Å². The third-order valence-corrected chi connectivity index (χ3v) is 3.87. The summed E-state index contributed by atoms with van der Waals surface area (Å²) in [6.45, 7) is 0.269. The molecule has 2 amide bonds. The van der Waals surface area contributed by atoms with E-state index in [1.807, 2.05) is 6.07 Å². The normalized spacial score (nSPS) is 10.2. The molecular weight excluding hydrogens is 335 g/mol. The van der Waals surface area contributed by atoms with E-state index < -0.39 is 0 Å². The number of nitrogens with one attached hydrogen (secondary N) is 1. The molecule has 1 N–H and O–H groups in total. The molecule has 0 atom stereocenters. The van der Waals surface area contributed by atoms with E-state index in [4.69, 9.17) is 23.2 Å². The van der Waals surface area contributed by atoms with Gasteiger partial charge in [0.05, 0.1) is 6.54 Å². The van der Waals surface area contributed by atoms with Gasteiger partial charge in [0.2, 0.25) is 5.91 Å². The molecule has 0 bridgehead atoms. The first-order valence-electron chi connectivity index (χ1n) is 6.98. The van der Waals surface area contributed by atoms with Crippen LogP contribution in [0.4, 0.5) is 0 Å². The van der Waals surface area contributed by atoms with E-state index in [1.54, 1.807) is 49.5 Å². The fraction of sp³-hybridized carbons (Fsp3) is 0.176. The summed E-state index contributed by atoms with van der Waals surface area (Å²) >= 11 is 11.9. The number of likely N-dealkylation sites (N-methyl/N-ethyl adjacent to an activating group) is 1. The van der Waals surface area contributed by atoms with Gasteiger partial charge < -0.3 is 10.2 Å². The SMILES string of the molecule is CN(Cc1ccc(Cl)cc1Cl)C(=O)CNC(=O)c1ccccc1. The van der Waals surface area contributed by atoms with Gasteiger partial charge in [0.25, 0.3) is 5.91 Å². The van der Waals surface area contributed by atoms with Crippen LogP contribution in [0.25, 0.3) is 0 Å². The van der Waals surface area contributed by atoms with Crippen molar-refractivity contribution in [2.24, 2.45) is 0 Å². The number of carbonyl (C=O) groups is 2. The van der Waals surface area contributed by atoms with Crippen LogP contribution >= 0.6 is 23.2 Å². The molecule has 0 aromatic heterocycles. The van der Waals surface area contributed by atoms with Crippen molar-refractivity contribution in [3.8, 4) is 0 Å². The van der Waals surface area contributed by atoms with Crippen LogP contribution in [0.5, 0.6) is 0 Å². The second-order valence-electron chi connectivity index (χ2n) is 5.03. The van der Waals surface area contributed by atoms with Gasteiger partial charge in [-0.2, -0.15) is 0 Å². The maximum Gasteiger partial charge on any atom is 0.251 e. The predicted octanol–water partition coefficient (Wildman–Crippen LogP) is 3.38. The number of amides is 2. The van der Waals surface area contributed by atoms with Crippen LogP contribution in [-0.2, 0) is 11.3 Å². The molecule has 0 radical (unpaired) electrons. The van der Waals surface area contributed by atoms with Crippen molar-refractivity contribution < 1.29 is 9.59 Å². The Balaban J connectivity index is 1.89. The number of benzene rings is 2. The second-order valence-corrected chi connectivity index (χ2v) is 5.88. The van der Waals surface area contributed by atoms with Crippen molar-refractivity contribution in [3.63, 3.8) is 0 Å². The van der Waals surface area contributed by atoms with Gasteiger partial charge in [0.15, 0.2) is 0 Å². The first-order chi connectivity index (χ1) is 11.0. The number of hydrogen-bond donors (Lipinski definition) is 1. The first-order valence-corrected chi connectivity index (χ1v) is 7.74. The van der Waals surface area contributed by atoms with Crippen molar-refractivity contribution in [2.75, 3.05) is 13.6 Å². The van der Waals surface area contributed by atoms with E-state index >= 15 is 0 Å². The highest BCUT2D eigenvalue weighted by atomic mass is 35.5. The van der Waals surface area contributed by atoms with E-state index in [1.165, 1.54) is 4.90 Å². The zero-order chi connectivity index (χ0) is 16.8. The van der Waals surface area contributed by atoms with Crippen molar-refractivity contribution in [1.29, 1.82) is 0 Å². The minimum absolute atomic E-state index is 0.0740. The smallest absolute Gasteiger partial charge is 0.251 e. The summed E-state index contributed by atoms with van der Waals surface area (Å²) in [5.74, 6) is -0.489. The molecule has 6 heteroatoms. The lowest BCUT2D eigenvalue weighted by Crippen LogP contribution is -2.37. The van der Waals surface area contributed by atoms with Gasteiger partial charge in [0, 0.05) is 29.2 Å². The number of rotatable bonds is 5. The Bertz CT molecular complexity index is 705. The largest absolute Gasteiger partial charge is 0.343 e. The number of halogens is 2. The molecule has 0 saturated heterocycles. The predicted molar refractivity (Wildman–Crippen MR) is 91.7 cm³/mol. The number of nitrogens with zero attached hydrogens (tertiary/aromatic N) is 1. The molecule has 0 fully saturated rings. The van der Waals surface area contributed by atoms with Crippen LogP contribution in [0.3, 0.4) is 0 Å². The molecule has 0 aliphatic rings. The molecular formula is C17H16Cl2N2O2. The Morgan fingerprint density at radius 3 is 2.43 bits per heavy atom. The summed E-state index contributed by atoms with van der Waals surface area (Å²) in [4.78, 5) is 25.5. The zero-order valence-corrected chi connectivity index (χ0v) is 14.1. The topological polar surface area (TPSA) is 49.4 Å². The molecule has 2 rings (SSSR count). The molecule has 0 unspecified atom stereocenters. The Labute approximate surface area is 145 Å². The summed E-state index contributed by atoms with van der Waals surface area (Å²) in [6.07, 6.45) is 0. The molecule has 4 nitrogen and oxygen atoms in total. The lowest BCUT2D eigenvalue weighted by atomic mass is 10.2. The third kappa shape index (κ3) is 4.98. The molecule has 2 aromatic carbocycles. The summed E-state index contributed by atoms with van der Waals surface area (Å²) in [6, 6.07) is 13.9. The molecule has 0 aliphatic heterocycles. The van der Waals surface area contributed by atoms with Gasteiger partial charge in [-0.25, -0.2) is 0 Å². The summed E-state index contributed by atoms with van der Waals surface area (Å²) in [5, 5.41) is 3.65. The number of carbonyl (C=O) groups excluding carboxylic acids is 2. The Morgan fingerprint density at radius 2 is 1.78 bits per heavy atom. The lowest BCUT2D eigenvalue weighted by molar-refractivity contribution is -0.129. The van der Waals surface area contributed by atoms with Gasteiger partial charge in [-0.1, -0.05) is 47.5 Å². The third-order valence-electron chi connectivity index (χ3n) is 3.28. The van der Waals surface area contributed by atoms with Crippen LogP contribution in [0.2, 0.25) is 10.0 Å². The van der Waals surface area contributed by atoms with Gasteiger partial charge in [-0.3, -0.25) is 9.59 Å². The average Bonchev–Trinajstić information content (AvgIpc) is 2.55. The Morgan fingerprint density at radius 1 is 1.09 bits per heavy atom. The van der Waals surface area contributed by atoms with Crippen molar-refractivity contribution in [2.45, 2.75) is 6.54 Å². The Kier molecular flexibility index (Phi) is 6.02. The molecule has 0 saturated carbocycles. The van der Waals surface area contributed by atoms with Gasteiger partial charge in [0.1, 0.15) is 0 Å². The van der Waals surface area contributed by atoms with E-state index in [0.29, 0.717) is 22.2 Å². The van der Waals surface area contributed by atoms with E-state index in [-0.39, 0.29) is 18.4 Å². The van der Waals surface area contributed by atoms with Crippen LogP contribution in [0, 0.1) is 0 Å². The molecule has 0 heterocycles. The van der Waals surface area contributed by atoms with Crippen molar-refractivity contribution in [3.05, 3.63) is 69.7 Å². The minimum Gasteiger partial charge on any atom is -0.343 e. The van der Waals surface area contributed by atoms with E-state index in [9.17, 15) is 9.59 Å². The highest BCUT2D eigenvalue weighted by Gasteiger charge is 2.13. The molecule has 2 aromatic rings. The summed E-state index contributed by atoms with van der Waals surface area (Å²) in [7, 11) is 1.65. The molecule has 120 valence electrons. The lowest BCUT2D eigenvalue weighted by Gasteiger charge is -2.18. The maximum atomic E-state index is 12.1. The molecule has 23 heavy (non-hydrogen) atoms. The monoisotopic (exact) mass is 350 g/mol. The highest BCUT2D eigenvalue weighted by molar-refractivity contribution is 6.35. The van der Waals surface area contributed by atoms with Crippen molar-refractivity contribution in [1.82, 2.24) is 10.2 Å². The van der Waals surface area contributed by atoms with Gasteiger partial charge >= 0.3 is 0 Å². The number of hydrogen-bond acceptors (Lipinski definition) is 2. The molecule has 0 spiro atoms. The first kappa shape index (κ1) is 17.3. The Hall–Kier alpha value is -2.04. The fourth-order valence-corrected chi connectivity index (χ4v) is 2.44. The minimum atomic E-state index is -0.281. The summed E-state index contributed by atoms with van der Waals surface area (Å²) < 4.78 is 0. The quantitative estimate of drug-likeness (QED) is 0.898. The fourth-order valence-electron chi connectivity index (χ4n) is 1.98.